The molecule has 0 aliphatic carbocycles. The van der Waals surface area contributed by atoms with Crippen molar-refractivity contribution < 1.29 is 28.0 Å². The smallest absolute Gasteiger partial charge is 0.245 e. The van der Waals surface area contributed by atoms with Crippen LogP contribution < -0.4 is 21.3 Å². The lowest BCUT2D eigenvalue weighted by Gasteiger charge is -2.30. The number of aromatic amines is 1. The molecular formula is C43H61F2N9O4. The van der Waals surface area contributed by atoms with Crippen molar-refractivity contribution in [2.45, 2.75) is 123 Å². The highest BCUT2D eigenvalue weighted by Crippen LogP contribution is 2.36. The van der Waals surface area contributed by atoms with Gasteiger partial charge in [-0.3, -0.25) is 19.2 Å². The quantitative estimate of drug-likeness (QED) is 0.107. The number of benzene rings is 2. The second-order valence-corrected chi connectivity index (χ2v) is 16.1. The summed E-state index contributed by atoms with van der Waals surface area (Å²) in [6.07, 6.45) is 5.15. The van der Waals surface area contributed by atoms with E-state index in [0.717, 1.165) is 48.6 Å². The van der Waals surface area contributed by atoms with Gasteiger partial charge in [0.2, 0.25) is 24.1 Å². The normalized spacial score (nSPS) is 18.9. The number of hydrogen-bond acceptors (Lipinski definition) is 7. The summed E-state index contributed by atoms with van der Waals surface area (Å²) in [7, 11) is 3.48. The number of nitrogens with one attached hydrogen (secondary N) is 5. The molecule has 0 saturated carbocycles. The number of rotatable bonds is 15. The summed E-state index contributed by atoms with van der Waals surface area (Å²) >= 11 is 0. The Labute approximate surface area is 340 Å². The van der Waals surface area contributed by atoms with Gasteiger partial charge in [0.15, 0.2) is 5.82 Å². The average molecular weight is 806 g/mol. The van der Waals surface area contributed by atoms with E-state index in [1.165, 1.54) is 24.3 Å². The third kappa shape index (κ3) is 10.0. The van der Waals surface area contributed by atoms with E-state index in [2.05, 4.69) is 40.1 Å². The van der Waals surface area contributed by atoms with Crippen LogP contribution in [0.1, 0.15) is 79.2 Å². The van der Waals surface area contributed by atoms with E-state index in [1.807, 2.05) is 30.2 Å². The molecule has 316 valence electrons. The molecule has 2 aliphatic rings. The molecule has 0 radical (unpaired) electrons. The predicted octanol–water partition coefficient (Wildman–Crippen LogP) is 4.87. The first-order valence-electron chi connectivity index (χ1n) is 20.6. The minimum absolute atomic E-state index is 0.0428. The number of imidazole rings is 1. The Bertz CT molecular complexity index is 2070. The molecule has 2 aromatic carbocycles. The van der Waals surface area contributed by atoms with Crippen LogP contribution in [0.25, 0.3) is 33.5 Å². The maximum atomic E-state index is 14.5. The van der Waals surface area contributed by atoms with Crippen LogP contribution in [-0.2, 0) is 32.1 Å². The standard InChI is InChI=1S/C34H41F2N7O3.C9H20N2O/c1-4-27(40-33(45)20(2)37-3)34(46)42-14-6-7-23(42)17-26-25-11-9-21(35)15-28(25)38-31(26)32-39-29-16-22(36)10-12-30(29)43(32)18-24-8-5-13-41(24)19-44;1-6(2)7(3)11-9(12)8(4)10-5/h9-12,15-16,19-20,23-24,27,37-38H,4-8,13-14,17-18H2,1-3H3,(H,40,45);6-8,10H,1-5H3,(H,11,12). The molecular weight excluding hydrogens is 745 g/mol. The zero-order valence-corrected chi connectivity index (χ0v) is 35.1. The van der Waals surface area contributed by atoms with Crippen LogP contribution in [0.3, 0.4) is 0 Å². The van der Waals surface area contributed by atoms with Gasteiger partial charge in [-0.25, -0.2) is 13.8 Å². The van der Waals surface area contributed by atoms with Crippen LogP contribution in [0.5, 0.6) is 0 Å². The summed E-state index contributed by atoms with van der Waals surface area (Å²) in [5.74, 6) is -0.0146. The molecule has 15 heteroatoms. The van der Waals surface area contributed by atoms with Crippen molar-refractivity contribution in [1.29, 1.82) is 0 Å². The minimum atomic E-state index is -0.647. The largest absolute Gasteiger partial charge is 0.352 e. The Morgan fingerprint density at radius 2 is 1.53 bits per heavy atom. The predicted molar refractivity (Wildman–Crippen MR) is 223 cm³/mol. The van der Waals surface area contributed by atoms with Crippen LogP contribution in [0.15, 0.2) is 36.4 Å². The molecule has 6 atom stereocenters. The van der Waals surface area contributed by atoms with Crippen molar-refractivity contribution in [2.24, 2.45) is 5.92 Å². The van der Waals surface area contributed by atoms with E-state index in [4.69, 9.17) is 4.98 Å². The van der Waals surface area contributed by atoms with E-state index in [9.17, 15) is 28.0 Å². The average Bonchev–Trinajstić information content (AvgIpc) is 4.01. The number of halogens is 2. The lowest BCUT2D eigenvalue weighted by atomic mass is 9.99. The monoisotopic (exact) mass is 805 g/mol. The number of amides is 4. The maximum absolute atomic E-state index is 14.5. The fourth-order valence-electron chi connectivity index (χ4n) is 7.70. The van der Waals surface area contributed by atoms with E-state index in [0.29, 0.717) is 60.9 Å². The third-order valence-corrected chi connectivity index (χ3v) is 11.9. The number of hydrogen-bond donors (Lipinski definition) is 5. The number of fused-ring (bicyclic) bond motifs is 2. The molecule has 2 fully saturated rings. The number of carbonyl (C=O) groups is 4. The van der Waals surface area contributed by atoms with Gasteiger partial charge in [0.05, 0.1) is 28.8 Å². The second-order valence-electron chi connectivity index (χ2n) is 16.1. The fourth-order valence-corrected chi connectivity index (χ4v) is 7.70. The fraction of sp³-hybridized carbons (Fsp3) is 0.558. The number of aromatic nitrogens is 3. The molecule has 4 aromatic rings. The van der Waals surface area contributed by atoms with Crippen LogP contribution in [0.2, 0.25) is 0 Å². The van der Waals surface area contributed by atoms with Gasteiger partial charge in [-0.05, 0) is 115 Å². The van der Waals surface area contributed by atoms with E-state index in [-0.39, 0.29) is 47.7 Å². The highest BCUT2D eigenvalue weighted by molar-refractivity contribution is 5.93. The second kappa shape index (κ2) is 19.7. The van der Waals surface area contributed by atoms with Gasteiger partial charge in [0.1, 0.15) is 17.7 Å². The van der Waals surface area contributed by atoms with Crippen LogP contribution in [0, 0.1) is 17.6 Å². The van der Waals surface area contributed by atoms with Crippen molar-refractivity contribution in [2.75, 3.05) is 27.2 Å². The van der Waals surface area contributed by atoms with Crippen LogP contribution >= 0.6 is 0 Å². The molecule has 13 nitrogen and oxygen atoms in total. The molecule has 58 heavy (non-hydrogen) atoms. The van der Waals surface area contributed by atoms with Crippen molar-refractivity contribution in [3.05, 3.63) is 53.6 Å². The highest BCUT2D eigenvalue weighted by atomic mass is 19.1. The van der Waals surface area contributed by atoms with Gasteiger partial charge in [0.25, 0.3) is 0 Å². The summed E-state index contributed by atoms with van der Waals surface area (Å²) < 4.78 is 30.9. The topological polar surface area (TPSA) is 156 Å². The molecule has 2 aliphatic heterocycles. The first-order valence-corrected chi connectivity index (χ1v) is 20.6. The first-order chi connectivity index (χ1) is 27.7. The summed E-state index contributed by atoms with van der Waals surface area (Å²) in [6.45, 7) is 13.4. The Balaban J connectivity index is 0.000000464. The van der Waals surface area contributed by atoms with Gasteiger partial charge in [-0.2, -0.15) is 0 Å². The van der Waals surface area contributed by atoms with Crippen molar-refractivity contribution in [3.63, 3.8) is 0 Å². The molecule has 4 heterocycles. The van der Waals surface area contributed by atoms with Gasteiger partial charge in [-0.1, -0.05) is 20.8 Å². The Hall–Kier alpha value is -4.89. The van der Waals surface area contributed by atoms with Crippen molar-refractivity contribution >= 4 is 46.1 Å². The van der Waals surface area contributed by atoms with Gasteiger partial charge in [0, 0.05) is 54.7 Å². The lowest BCUT2D eigenvalue weighted by molar-refractivity contribution is -0.137. The Kier molecular flexibility index (Phi) is 15.0. The minimum Gasteiger partial charge on any atom is -0.352 e. The van der Waals surface area contributed by atoms with E-state index >= 15 is 0 Å². The summed E-state index contributed by atoms with van der Waals surface area (Å²) in [5.41, 5.74) is 3.38. The number of nitrogens with zero attached hydrogens (tertiary/aromatic N) is 4. The number of carbonyl (C=O) groups excluding carboxylic acids is 4. The summed E-state index contributed by atoms with van der Waals surface area (Å²) in [4.78, 5) is 61.6. The third-order valence-electron chi connectivity index (χ3n) is 11.9. The van der Waals surface area contributed by atoms with Gasteiger partial charge >= 0.3 is 0 Å². The number of likely N-dealkylation sites (N-methyl/N-ethyl adjacent to an activating group) is 2. The SMILES string of the molecule is CCC(NC(=O)C(C)NC)C(=O)N1CCCC1Cc1c(-c2nc3cc(F)ccc3n2CC2CCCN2C=O)[nH]c2cc(F)ccc12.CNC(C)C(=O)NC(C)C(C)C. The summed E-state index contributed by atoms with van der Waals surface area (Å²) in [6, 6.07) is 7.98. The zero-order valence-electron chi connectivity index (χ0n) is 35.1. The number of likely N-dealkylation sites (tertiary alicyclic amines) is 2. The molecule has 0 bridgehead atoms. The molecule has 2 saturated heterocycles. The maximum Gasteiger partial charge on any atom is 0.245 e. The Morgan fingerprint density at radius 3 is 2.19 bits per heavy atom. The summed E-state index contributed by atoms with van der Waals surface area (Å²) in [5, 5.41) is 12.5. The van der Waals surface area contributed by atoms with Gasteiger partial charge in [-0.15, -0.1) is 0 Å². The zero-order chi connectivity index (χ0) is 42.3. The molecule has 6 unspecified atom stereocenters. The van der Waals surface area contributed by atoms with Crippen molar-refractivity contribution in [3.8, 4) is 11.5 Å². The first kappa shape index (κ1) is 44.2. The van der Waals surface area contributed by atoms with Gasteiger partial charge < -0.3 is 40.6 Å². The van der Waals surface area contributed by atoms with E-state index in [1.54, 1.807) is 38.1 Å². The highest BCUT2D eigenvalue weighted by Gasteiger charge is 2.35. The molecule has 0 spiro atoms. The van der Waals surface area contributed by atoms with Crippen molar-refractivity contribution in [1.82, 2.24) is 45.6 Å². The molecule has 4 amide bonds. The van der Waals surface area contributed by atoms with Crippen LogP contribution in [0.4, 0.5) is 8.78 Å². The van der Waals surface area contributed by atoms with Crippen LogP contribution in [-0.4, -0.2) is 112 Å². The van der Waals surface area contributed by atoms with E-state index < -0.39 is 17.9 Å². The molecule has 5 N–H and O–H groups in total. The lowest BCUT2D eigenvalue weighted by Crippen LogP contribution is -2.53. The molecule has 2 aromatic heterocycles. The number of H-pyrrole nitrogens is 1. The Morgan fingerprint density at radius 1 is 0.897 bits per heavy atom. The molecule has 6 rings (SSSR count).